The van der Waals surface area contributed by atoms with Crippen molar-refractivity contribution in [2.75, 3.05) is 41.3 Å². The molecule has 0 aliphatic carbocycles. The van der Waals surface area contributed by atoms with Crippen LogP contribution in [0, 0.1) is 12.7 Å². The summed E-state index contributed by atoms with van der Waals surface area (Å²) < 4.78 is 37.9. The van der Waals surface area contributed by atoms with E-state index in [-0.39, 0.29) is 5.69 Å². The number of amides is 1. The summed E-state index contributed by atoms with van der Waals surface area (Å²) >= 11 is 0. The zero-order valence-electron chi connectivity index (χ0n) is 23.2. The van der Waals surface area contributed by atoms with Gasteiger partial charge in [0.25, 0.3) is 11.7 Å². The van der Waals surface area contributed by atoms with Gasteiger partial charge < -0.3 is 19.7 Å². The van der Waals surface area contributed by atoms with E-state index in [0.717, 1.165) is 22.6 Å². The van der Waals surface area contributed by atoms with Gasteiger partial charge in [-0.05, 0) is 42.8 Å². The Kier molecular flexibility index (Phi) is 5.70. The van der Waals surface area contributed by atoms with Crippen molar-refractivity contribution in [1.82, 2.24) is 14.5 Å². The summed E-state index contributed by atoms with van der Waals surface area (Å²) in [5, 5.41) is 2.61. The van der Waals surface area contributed by atoms with Gasteiger partial charge in [0.1, 0.15) is 5.69 Å². The zero-order valence-corrected chi connectivity index (χ0v) is 20.2. The second-order valence-corrected chi connectivity index (χ2v) is 8.75. The number of nitrogens with zero attached hydrogens (tertiary/aromatic N) is 5. The first-order valence-electron chi connectivity index (χ1n) is 13.3. The van der Waals surface area contributed by atoms with Crippen molar-refractivity contribution in [1.29, 1.82) is 0 Å². The van der Waals surface area contributed by atoms with Gasteiger partial charge in [-0.2, -0.15) is 0 Å². The molecular weight excluding hydrogens is 471 g/mol. The Hall–Kier alpha value is -4.53. The fraction of sp³-hybridized carbons (Fsp3) is 0.214. The summed E-state index contributed by atoms with van der Waals surface area (Å²) in [6.07, 6.45) is 2.30. The van der Waals surface area contributed by atoms with Crippen molar-refractivity contribution in [3.63, 3.8) is 0 Å². The number of Topliss-reactive ketones (excluding diaryl/α,β-unsaturated/α-hetero) is 1. The second-order valence-electron chi connectivity index (χ2n) is 8.75. The molecule has 3 heterocycles. The molecule has 1 amide bonds. The predicted molar refractivity (Wildman–Crippen MR) is 141 cm³/mol. The van der Waals surface area contributed by atoms with Gasteiger partial charge >= 0.3 is 0 Å². The first kappa shape index (κ1) is 20.6. The lowest BCUT2D eigenvalue weighted by Crippen LogP contribution is -2.47. The number of aromatic nitrogens is 3. The molecular formula is C28H27FN6O2. The molecule has 5 rings (SSSR count). The molecule has 1 N–H and O–H groups in total. The highest BCUT2D eigenvalue weighted by Crippen LogP contribution is 2.28. The smallest absolute Gasteiger partial charge is 0.298 e. The van der Waals surface area contributed by atoms with Gasteiger partial charge in [0.05, 0.1) is 12.4 Å². The summed E-state index contributed by atoms with van der Waals surface area (Å²) in [7, 11) is 0. The highest BCUT2D eigenvalue weighted by Gasteiger charge is 2.25. The molecule has 0 unspecified atom stereocenters. The van der Waals surface area contributed by atoms with Gasteiger partial charge in [-0.1, -0.05) is 30.3 Å². The molecule has 8 nitrogen and oxygen atoms in total. The van der Waals surface area contributed by atoms with Gasteiger partial charge in [0.15, 0.2) is 5.82 Å². The Bertz CT molecular complexity index is 1510. The molecule has 9 heteroatoms. The third-order valence-corrected chi connectivity index (χ3v) is 6.35. The van der Waals surface area contributed by atoms with Crippen LogP contribution >= 0.6 is 0 Å². The van der Waals surface area contributed by atoms with Gasteiger partial charge in [0, 0.05) is 59.9 Å². The third kappa shape index (κ3) is 5.06. The van der Waals surface area contributed by atoms with E-state index in [4.69, 9.17) is 4.11 Å². The van der Waals surface area contributed by atoms with Crippen LogP contribution < -0.4 is 15.1 Å². The van der Waals surface area contributed by atoms with Crippen molar-refractivity contribution < 1.29 is 18.1 Å². The topological polar surface area (TPSA) is 83.4 Å². The Morgan fingerprint density at radius 2 is 1.59 bits per heavy atom. The number of carbonyl (C=O) groups excluding carboxylic acids is 2. The quantitative estimate of drug-likeness (QED) is 0.317. The van der Waals surface area contributed by atoms with Crippen LogP contribution in [-0.4, -0.2) is 52.4 Å². The van der Waals surface area contributed by atoms with Crippen LogP contribution in [-0.2, 0) is 11.8 Å². The molecule has 188 valence electrons. The van der Waals surface area contributed by atoms with Gasteiger partial charge in [-0.15, -0.1) is 0 Å². The molecule has 2 aromatic carbocycles. The van der Waals surface area contributed by atoms with E-state index in [0.29, 0.717) is 54.6 Å². The molecule has 1 aliphatic heterocycles. The van der Waals surface area contributed by atoms with Crippen molar-refractivity contribution in [3.05, 3.63) is 90.3 Å². The molecule has 0 bridgehead atoms. The fourth-order valence-corrected chi connectivity index (χ4v) is 4.38. The fourth-order valence-electron chi connectivity index (χ4n) is 4.38. The van der Waals surface area contributed by atoms with E-state index in [2.05, 4.69) is 20.2 Å². The lowest BCUT2D eigenvalue weighted by atomic mass is 10.0. The number of hydrogen-bond acceptors (Lipinski definition) is 6. The number of benzene rings is 2. The molecule has 1 aliphatic rings. The second kappa shape index (κ2) is 10.2. The van der Waals surface area contributed by atoms with Crippen molar-refractivity contribution in [2.24, 2.45) is 6.98 Å². The summed E-state index contributed by atoms with van der Waals surface area (Å²) in [6.45, 7) is 1.66. The molecule has 0 atom stereocenters. The number of anilines is 3. The van der Waals surface area contributed by atoms with E-state index in [1.54, 1.807) is 49.4 Å². The Morgan fingerprint density at radius 1 is 0.946 bits per heavy atom. The molecule has 1 fully saturated rings. The first-order valence-corrected chi connectivity index (χ1v) is 11.8. The third-order valence-electron chi connectivity index (χ3n) is 6.35. The average Bonchev–Trinajstić information content (AvgIpc) is 3.31. The van der Waals surface area contributed by atoms with E-state index in [1.165, 1.54) is 0 Å². The number of carbonyl (C=O) groups is 2. The Morgan fingerprint density at radius 3 is 2.24 bits per heavy atom. The Balaban J connectivity index is 1.29. The molecule has 0 saturated carbocycles. The van der Waals surface area contributed by atoms with E-state index in [9.17, 15) is 14.0 Å². The normalized spacial score (nSPS) is 15.0. The molecule has 2 aromatic heterocycles. The average molecular weight is 502 g/mol. The highest BCUT2D eigenvalue weighted by atomic mass is 19.1. The summed E-state index contributed by atoms with van der Waals surface area (Å²) in [5.74, 6) is -1.86. The first-order chi connectivity index (χ1) is 19.1. The molecule has 4 aromatic rings. The number of rotatable bonds is 6. The lowest BCUT2D eigenvalue weighted by Gasteiger charge is -2.36. The summed E-state index contributed by atoms with van der Waals surface area (Å²) in [4.78, 5) is 38.7. The summed E-state index contributed by atoms with van der Waals surface area (Å²) in [5.41, 5.74) is 2.54. The number of halogens is 1. The monoisotopic (exact) mass is 501 g/mol. The van der Waals surface area contributed by atoms with E-state index >= 15 is 0 Å². The van der Waals surface area contributed by atoms with Crippen LogP contribution in [0.25, 0.3) is 11.1 Å². The van der Waals surface area contributed by atoms with Crippen molar-refractivity contribution in [3.8, 4) is 11.1 Å². The highest BCUT2D eigenvalue weighted by molar-refractivity contribution is 6.47. The van der Waals surface area contributed by atoms with Crippen molar-refractivity contribution >= 4 is 29.0 Å². The number of nitrogens with one attached hydrogen (secondary N) is 1. The standard InChI is InChI=1S/C28H27FN6O2/c1-19-16-24(20-6-4-3-5-7-20)25(33(19)2)26(36)27(37)32-22-8-10-23(11-9-22)34-12-14-35(15-13-34)28-30-17-21(29)18-31-28/h3-11,16-18H,12-15H2,1-2H3,(H,32,37)/i2D3. The number of hydrogen-bond donors (Lipinski definition) is 1. The maximum Gasteiger partial charge on any atom is 0.298 e. The number of aryl methyl sites for hydroxylation is 1. The Labute approximate surface area is 218 Å². The van der Waals surface area contributed by atoms with E-state index < -0.39 is 24.5 Å². The number of piperazine rings is 1. The molecule has 0 spiro atoms. The maximum atomic E-state index is 13.4. The lowest BCUT2D eigenvalue weighted by molar-refractivity contribution is -0.112. The molecule has 1 saturated heterocycles. The van der Waals surface area contributed by atoms with Crippen LogP contribution in [0.2, 0.25) is 0 Å². The van der Waals surface area contributed by atoms with Crippen LogP contribution in [0.1, 0.15) is 20.3 Å². The summed E-state index contributed by atoms with van der Waals surface area (Å²) in [6, 6.07) is 17.6. The minimum absolute atomic E-state index is 0.180. The van der Waals surface area contributed by atoms with E-state index in [1.807, 2.05) is 23.1 Å². The zero-order chi connectivity index (χ0) is 28.4. The minimum Gasteiger partial charge on any atom is -0.368 e. The van der Waals surface area contributed by atoms with Crippen LogP contribution in [0.4, 0.5) is 21.7 Å². The maximum absolute atomic E-state index is 13.4. The molecule has 0 radical (unpaired) electrons. The SMILES string of the molecule is [2H]C([2H])([2H])n1c(C)cc(-c2ccccc2)c1C(=O)C(=O)Nc1ccc(N2CCN(c3ncc(F)cn3)CC2)cc1. The number of ketones is 1. The van der Waals surface area contributed by atoms with Crippen LogP contribution in [0.5, 0.6) is 0 Å². The minimum atomic E-state index is -2.64. The predicted octanol–water partition coefficient (Wildman–Crippen LogP) is 4.08. The van der Waals surface area contributed by atoms with Gasteiger partial charge in [0.2, 0.25) is 5.95 Å². The van der Waals surface area contributed by atoms with Gasteiger partial charge in [-0.3, -0.25) is 9.59 Å². The van der Waals surface area contributed by atoms with Gasteiger partial charge in [-0.25, -0.2) is 14.4 Å². The van der Waals surface area contributed by atoms with Crippen molar-refractivity contribution in [2.45, 2.75) is 6.92 Å². The van der Waals surface area contributed by atoms with Crippen LogP contribution in [0.15, 0.2) is 73.1 Å². The van der Waals surface area contributed by atoms with Crippen LogP contribution in [0.3, 0.4) is 0 Å². The largest absolute Gasteiger partial charge is 0.368 e. The molecule has 37 heavy (non-hydrogen) atoms.